The van der Waals surface area contributed by atoms with Gasteiger partial charge < -0.3 is 24.8 Å². The molecule has 2 aromatic carbocycles. The summed E-state index contributed by atoms with van der Waals surface area (Å²) in [5.41, 5.74) is 1.38. The molecule has 7 nitrogen and oxygen atoms in total. The molecule has 1 saturated carbocycles. The van der Waals surface area contributed by atoms with E-state index in [1.54, 1.807) is 25.3 Å². The van der Waals surface area contributed by atoms with Gasteiger partial charge in [-0.05, 0) is 55.5 Å². The quantitative estimate of drug-likeness (QED) is 0.354. The predicted octanol–water partition coefficient (Wildman–Crippen LogP) is 6.20. The number of amides is 1. The Morgan fingerprint density at radius 3 is 2.50 bits per heavy atom. The molecule has 3 aromatic rings. The molecule has 1 aliphatic carbocycles. The lowest BCUT2D eigenvalue weighted by molar-refractivity contribution is -0.192. The molecule has 1 aliphatic heterocycles. The molecule has 5 rings (SSSR count). The predicted molar refractivity (Wildman–Crippen MR) is 142 cm³/mol. The molecule has 0 unspecified atom stereocenters. The average molecular weight is 570 g/mol. The first-order valence-corrected chi connectivity index (χ1v) is 13.1. The summed E-state index contributed by atoms with van der Waals surface area (Å²) in [5.74, 6) is -0.479. The topological polar surface area (TPSA) is 71.4 Å². The standard InChI is InChI=1S/C26H28Cl2F3N5O2/c1-35-22-13-21(36-9-5-16(38-2)6-10-36)18(28)12-20(22)34-24(35)33-19-11-15(3-4-17(19)27)14-32-23(37)25(7-8-25)26(29,30)31/h3-4,11-13,16H,5-10,14H2,1-2H3,(H,32,37)(H,33,34). The van der Waals surface area contributed by atoms with Gasteiger partial charge in [-0.2, -0.15) is 13.2 Å². The van der Waals surface area contributed by atoms with Gasteiger partial charge in [0.2, 0.25) is 11.9 Å². The van der Waals surface area contributed by atoms with E-state index in [2.05, 4.69) is 20.5 Å². The van der Waals surface area contributed by atoms with Gasteiger partial charge in [-0.3, -0.25) is 4.79 Å². The molecule has 0 bridgehead atoms. The maximum absolute atomic E-state index is 13.2. The van der Waals surface area contributed by atoms with E-state index in [0.717, 1.165) is 37.1 Å². The van der Waals surface area contributed by atoms with Gasteiger partial charge in [-0.25, -0.2) is 4.98 Å². The molecule has 2 N–H and O–H groups in total. The van der Waals surface area contributed by atoms with E-state index in [9.17, 15) is 18.0 Å². The highest BCUT2D eigenvalue weighted by atomic mass is 35.5. The molecule has 1 saturated heterocycles. The second kappa shape index (κ2) is 10.1. The Kier molecular flexibility index (Phi) is 7.17. The monoisotopic (exact) mass is 569 g/mol. The number of rotatable bonds is 7. The van der Waals surface area contributed by atoms with E-state index in [4.69, 9.17) is 27.9 Å². The fourth-order valence-electron chi connectivity index (χ4n) is 4.90. The van der Waals surface area contributed by atoms with Crippen LogP contribution in [0.5, 0.6) is 0 Å². The van der Waals surface area contributed by atoms with Crippen LogP contribution in [-0.2, 0) is 23.1 Å². The third kappa shape index (κ3) is 5.01. The number of carbonyl (C=O) groups excluding carboxylic acids is 1. The van der Waals surface area contributed by atoms with Gasteiger partial charge in [0.05, 0.1) is 38.6 Å². The highest BCUT2D eigenvalue weighted by Gasteiger charge is 2.68. The van der Waals surface area contributed by atoms with Crippen molar-refractivity contribution in [2.45, 2.75) is 44.5 Å². The number of piperidine rings is 1. The summed E-state index contributed by atoms with van der Waals surface area (Å²) in [5, 5.41) is 6.65. The number of halogens is 5. The highest BCUT2D eigenvalue weighted by molar-refractivity contribution is 6.34. The minimum Gasteiger partial charge on any atom is -0.381 e. The van der Waals surface area contributed by atoms with Gasteiger partial charge in [0.1, 0.15) is 5.41 Å². The fourth-order valence-corrected chi connectivity index (χ4v) is 5.34. The van der Waals surface area contributed by atoms with Gasteiger partial charge in [-0.1, -0.05) is 29.3 Å². The van der Waals surface area contributed by atoms with Crippen molar-refractivity contribution in [3.8, 4) is 0 Å². The number of aryl methyl sites for hydroxylation is 1. The second-order valence-corrected chi connectivity index (χ2v) is 10.7. The Bertz CT molecular complexity index is 1370. The average Bonchev–Trinajstić information content (AvgIpc) is 3.66. The molecule has 2 heterocycles. The van der Waals surface area contributed by atoms with Crippen LogP contribution in [0.4, 0.5) is 30.5 Å². The summed E-state index contributed by atoms with van der Waals surface area (Å²) < 4.78 is 47.1. The zero-order chi connectivity index (χ0) is 27.2. The first-order chi connectivity index (χ1) is 18.0. The summed E-state index contributed by atoms with van der Waals surface area (Å²) in [6.07, 6.45) is -2.80. The Morgan fingerprint density at radius 2 is 1.87 bits per heavy atom. The zero-order valence-corrected chi connectivity index (χ0v) is 22.5. The van der Waals surface area contributed by atoms with Crippen molar-refractivity contribution >= 4 is 57.5 Å². The van der Waals surface area contributed by atoms with E-state index in [0.29, 0.717) is 32.8 Å². The number of carbonyl (C=O) groups is 1. The number of nitrogens with one attached hydrogen (secondary N) is 2. The lowest BCUT2D eigenvalue weighted by Crippen LogP contribution is -2.40. The molecule has 2 fully saturated rings. The van der Waals surface area contributed by atoms with E-state index >= 15 is 0 Å². The van der Waals surface area contributed by atoms with Crippen molar-refractivity contribution < 1.29 is 22.7 Å². The smallest absolute Gasteiger partial charge is 0.381 e. The van der Waals surface area contributed by atoms with Crippen LogP contribution in [0.15, 0.2) is 30.3 Å². The third-order valence-corrected chi connectivity index (χ3v) is 8.16. The summed E-state index contributed by atoms with van der Waals surface area (Å²) in [7, 11) is 3.61. The van der Waals surface area contributed by atoms with Crippen LogP contribution in [-0.4, -0.2) is 47.9 Å². The number of nitrogens with zero attached hydrogens (tertiary/aromatic N) is 3. The number of fused-ring (bicyclic) bond motifs is 1. The van der Waals surface area contributed by atoms with Gasteiger partial charge in [0.25, 0.3) is 0 Å². The molecule has 12 heteroatoms. The van der Waals surface area contributed by atoms with Crippen LogP contribution in [0.25, 0.3) is 11.0 Å². The van der Waals surface area contributed by atoms with Gasteiger partial charge in [0.15, 0.2) is 0 Å². The zero-order valence-electron chi connectivity index (χ0n) is 21.0. The number of hydrogen-bond donors (Lipinski definition) is 2. The Labute approximate surface area is 228 Å². The summed E-state index contributed by atoms with van der Waals surface area (Å²) in [6, 6.07) is 8.83. The van der Waals surface area contributed by atoms with Crippen molar-refractivity contribution in [2.24, 2.45) is 12.5 Å². The van der Waals surface area contributed by atoms with Crippen LogP contribution in [0.2, 0.25) is 10.0 Å². The summed E-state index contributed by atoms with van der Waals surface area (Å²) >= 11 is 13.0. The molecule has 1 amide bonds. The molecule has 1 aromatic heterocycles. The molecular formula is C26H28Cl2F3N5O2. The number of imidazole rings is 1. The third-order valence-electron chi connectivity index (χ3n) is 7.52. The normalized spacial score (nSPS) is 17.6. The van der Waals surface area contributed by atoms with Crippen molar-refractivity contribution in [3.05, 3.63) is 45.9 Å². The molecule has 0 atom stereocenters. The van der Waals surface area contributed by atoms with Crippen molar-refractivity contribution in [3.63, 3.8) is 0 Å². The van der Waals surface area contributed by atoms with Crippen LogP contribution < -0.4 is 15.5 Å². The van der Waals surface area contributed by atoms with Crippen molar-refractivity contribution in [1.82, 2.24) is 14.9 Å². The van der Waals surface area contributed by atoms with Gasteiger partial charge in [-0.15, -0.1) is 0 Å². The van der Waals surface area contributed by atoms with Crippen molar-refractivity contribution in [2.75, 3.05) is 30.4 Å². The van der Waals surface area contributed by atoms with E-state index < -0.39 is 17.5 Å². The Morgan fingerprint density at radius 1 is 1.16 bits per heavy atom. The SMILES string of the molecule is COC1CCN(c2cc3c(cc2Cl)nc(Nc2cc(CNC(=O)C4(C(F)(F)F)CC4)ccc2Cl)n3C)CC1. The van der Waals surface area contributed by atoms with Crippen LogP contribution in [0.1, 0.15) is 31.2 Å². The summed E-state index contributed by atoms with van der Waals surface area (Å²) in [6.45, 7) is 1.63. The largest absolute Gasteiger partial charge is 0.403 e. The Balaban J connectivity index is 1.33. The maximum atomic E-state index is 13.2. The van der Waals surface area contributed by atoms with E-state index in [1.807, 2.05) is 23.7 Å². The van der Waals surface area contributed by atoms with Crippen LogP contribution in [0, 0.1) is 5.41 Å². The second-order valence-electron chi connectivity index (χ2n) is 9.91. The lowest BCUT2D eigenvalue weighted by Gasteiger charge is -2.33. The first kappa shape index (κ1) is 26.9. The van der Waals surface area contributed by atoms with Crippen LogP contribution in [0.3, 0.4) is 0 Å². The molecule has 38 heavy (non-hydrogen) atoms. The van der Waals surface area contributed by atoms with Gasteiger partial charge in [0, 0.05) is 33.8 Å². The first-order valence-electron chi connectivity index (χ1n) is 12.4. The van der Waals surface area contributed by atoms with E-state index in [-0.39, 0.29) is 25.5 Å². The minimum atomic E-state index is -4.55. The minimum absolute atomic E-state index is 0.0518. The van der Waals surface area contributed by atoms with Crippen molar-refractivity contribution in [1.29, 1.82) is 0 Å². The number of methoxy groups -OCH3 is 1. The van der Waals surface area contributed by atoms with Gasteiger partial charge >= 0.3 is 6.18 Å². The number of benzene rings is 2. The number of alkyl halides is 3. The lowest BCUT2D eigenvalue weighted by atomic mass is 10.1. The number of anilines is 3. The van der Waals surface area contributed by atoms with E-state index in [1.165, 1.54) is 0 Å². The fraction of sp³-hybridized carbons (Fsp3) is 0.462. The number of ether oxygens (including phenoxy) is 1. The number of hydrogen-bond acceptors (Lipinski definition) is 5. The summed E-state index contributed by atoms with van der Waals surface area (Å²) in [4.78, 5) is 19.1. The molecule has 0 radical (unpaired) electrons. The molecule has 204 valence electrons. The molecule has 2 aliphatic rings. The molecular weight excluding hydrogens is 542 g/mol. The van der Waals surface area contributed by atoms with Crippen LogP contribution >= 0.6 is 23.2 Å². The highest BCUT2D eigenvalue weighted by Crippen LogP contribution is 2.57. The maximum Gasteiger partial charge on any atom is 0.403 e. The number of aromatic nitrogens is 2. The molecule has 0 spiro atoms. The Hall–Kier alpha value is -2.69.